The summed E-state index contributed by atoms with van der Waals surface area (Å²) in [5, 5.41) is 0. The lowest BCUT2D eigenvalue weighted by atomic mass is 9.98. The SMILES string of the molecule is COC(=O)C1(N2CCOS2)CCCC1.Fc1cccc(F)c1. The maximum atomic E-state index is 11.9. The predicted octanol–water partition coefficient (Wildman–Crippen LogP) is 3.33. The Morgan fingerprint density at radius 1 is 1.32 bits per heavy atom. The molecular weight excluding hydrogens is 312 g/mol. The summed E-state index contributed by atoms with van der Waals surface area (Å²) in [5.74, 6) is -1.18. The van der Waals surface area contributed by atoms with Crippen LogP contribution in [0.15, 0.2) is 24.3 Å². The zero-order chi connectivity index (χ0) is 16.0. The average molecular weight is 331 g/mol. The smallest absolute Gasteiger partial charge is 0.327 e. The van der Waals surface area contributed by atoms with Crippen molar-refractivity contribution in [2.75, 3.05) is 20.3 Å². The highest BCUT2D eigenvalue weighted by molar-refractivity contribution is 7.92. The van der Waals surface area contributed by atoms with Crippen LogP contribution < -0.4 is 0 Å². The molecule has 1 aliphatic carbocycles. The number of halogens is 2. The fourth-order valence-electron chi connectivity index (χ4n) is 2.71. The van der Waals surface area contributed by atoms with Gasteiger partial charge in [0.2, 0.25) is 0 Å². The topological polar surface area (TPSA) is 38.8 Å². The molecule has 1 aliphatic heterocycles. The van der Waals surface area contributed by atoms with Crippen molar-refractivity contribution < 1.29 is 22.5 Å². The van der Waals surface area contributed by atoms with Crippen molar-refractivity contribution in [3.05, 3.63) is 35.9 Å². The molecular formula is C15H19F2NO3S. The van der Waals surface area contributed by atoms with Crippen LogP contribution in [-0.2, 0) is 13.7 Å². The summed E-state index contributed by atoms with van der Waals surface area (Å²) in [6.45, 7) is 1.52. The first-order chi connectivity index (χ1) is 10.6. The van der Waals surface area contributed by atoms with Gasteiger partial charge in [0, 0.05) is 12.6 Å². The molecule has 1 aromatic rings. The van der Waals surface area contributed by atoms with E-state index in [1.807, 2.05) is 4.31 Å². The van der Waals surface area contributed by atoms with E-state index in [0.29, 0.717) is 6.61 Å². The number of methoxy groups -OCH3 is 1. The lowest BCUT2D eigenvalue weighted by Crippen LogP contribution is -2.49. The fraction of sp³-hybridized carbons (Fsp3) is 0.533. The molecule has 3 rings (SSSR count). The van der Waals surface area contributed by atoms with Crippen LogP contribution in [-0.4, -0.2) is 36.1 Å². The van der Waals surface area contributed by atoms with E-state index in [1.54, 1.807) is 0 Å². The van der Waals surface area contributed by atoms with Crippen LogP contribution in [0.4, 0.5) is 8.78 Å². The Morgan fingerprint density at radius 3 is 2.36 bits per heavy atom. The quantitative estimate of drug-likeness (QED) is 0.472. The highest BCUT2D eigenvalue weighted by Gasteiger charge is 2.49. The van der Waals surface area contributed by atoms with Gasteiger partial charge in [0.15, 0.2) is 0 Å². The number of hydrogen-bond acceptors (Lipinski definition) is 5. The molecule has 1 saturated heterocycles. The van der Waals surface area contributed by atoms with E-state index in [4.69, 9.17) is 8.92 Å². The molecule has 0 atom stereocenters. The van der Waals surface area contributed by atoms with Gasteiger partial charge in [-0.25, -0.2) is 13.1 Å². The van der Waals surface area contributed by atoms with Crippen LogP contribution in [0.3, 0.4) is 0 Å². The van der Waals surface area contributed by atoms with Crippen molar-refractivity contribution in [2.24, 2.45) is 0 Å². The van der Waals surface area contributed by atoms with Crippen molar-refractivity contribution in [3.63, 3.8) is 0 Å². The zero-order valence-corrected chi connectivity index (χ0v) is 13.2. The van der Waals surface area contributed by atoms with Crippen molar-refractivity contribution in [2.45, 2.75) is 31.2 Å². The van der Waals surface area contributed by atoms with Gasteiger partial charge in [0.1, 0.15) is 17.2 Å². The molecule has 2 aliphatic rings. The molecule has 0 bridgehead atoms. The zero-order valence-electron chi connectivity index (χ0n) is 12.4. The maximum absolute atomic E-state index is 11.9. The predicted molar refractivity (Wildman–Crippen MR) is 79.8 cm³/mol. The number of hydrogen-bond donors (Lipinski definition) is 0. The Morgan fingerprint density at radius 2 is 1.95 bits per heavy atom. The molecule has 1 saturated carbocycles. The van der Waals surface area contributed by atoms with E-state index in [2.05, 4.69) is 0 Å². The van der Waals surface area contributed by atoms with Crippen molar-refractivity contribution >= 4 is 18.2 Å². The number of benzene rings is 1. The number of esters is 1. The molecule has 7 heteroatoms. The Kier molecular flexibility index (Phi) is 6.16. The summed E-state index contributed by atoms with van der Waals surface area (Å²) in [6.07, 6.45) is 4.00. The van der Waals surface area contributed by atoms with E-state index in [-0.39, 0.29) is 5.97 Å². The molecule has 4 nitrogen and oxygen atoms in total. The van der Waals surface area contributed by atoms with Crippen molar-refractivity contribution in [1.82, 2.24) is 4.31 Å². The average Bonchev–Trinajstić information content (AvgIpc) is 3.18. The summed E-state index contributed by atoms with van der Waals surface area (Å²) in [6, 6.07) is 4.55. The molecule has 0 unspecified atom stereocenters. The minimum absolute atomic E-state index is 0.104. The molecule has 0 N–H and O–H groups in total. The summed E-state index contributed by atoms with van der Waals surface area (Å²) >= 11 is 1.31. The highest BCUT2D eigenvalue weighted by atomic mass is 32.2. The fourth-order valence-corrected chi connectivity index (χ4v) is 3.53. The van der Waals surface area contributed by atoms with Gasteiger partial charge in [-0.2, -0.15) is 0 Å². The minimum atomic E-state index is -0.537. The second kappa shape index (κ2) is 7.89. The van der Waals surface area contributed by atoms with Gasteiger partial charge in [0.25, 0.3) is 0 Å². The maximum Gasteiger partial charge on any atom is 0.327 e. The second-order valence-electron chi connectivity index (χ2n) is 5.17. The Balaban J connectivity index is 0.000000188. The van der Waals surface area contributed by atoms with Crippen LogP contribution in [0.2, 0.25) is 0 Å². The van der Waals surface area contributed by atoms with Crippen LogP contribution in [0, 0.1) is 11.6 Å². The Hall–Kier alpha value is -1.18. The number of carbonyl (C=O) groups is 1. The van der Waals surface area contributed by atoms with Gasteiger partial charge in [-0.15, -0.1) is 0 Å². The van der Waals surface area contributed by atoms with Gasteiger partial charge >= 0.3 is 5.97 Å². The second-order valence-corrected chi connectivity index (χ2v) is 5.99. The number of carbonyl (C=O) groups excluding carboxylic acids is 1. The van der Waals surface area contributed by atoms with Gasteiger partial charge < -0.3 is 4.74 Å². The van der Waals surface area contributed by atoms with Crippen LogP contribution in [0.1, 0.15) is 25.7 Å². The van der Waals surface area contributed by atoms with Crippen LogP contribution >= 0.6 is 12.2 Å². The molecule has 0 amide bonds. The molecule has 22 heavy (non-hydrogen) atoms. The van der Waals surface area contributed by atoms with E-state index >= 15 is 0 Å². The first-order valence-corrected chi connectivity index (χ1v) is 7.85. The number of ether oxygens (including phenoxy) is 1. The summed E-state index contributed by atoms with van der Waals surface area (Å²) in [4.78, 5) is 11.8. The third-order valence-electron chi connectivity index (χ3n) is 3.78. The minimum Gasteiger partial charge on any atom is -0.468 e. The molecule has 1 heterocycles. The molecule has 2 fully saturated rings. The summed E-state index contributed by atoms with van der Waals surface area (Å²) in [7, 11) is 1.46. The van der Waals surface area contributed by atoms with Crippen molar-refractivity contribution in [3.8, 4) is 0 Å². The lowest BCUT2D eigenvalue weighted by molar-refractivity contribution is -0.151. The molecule has 1 aromatic carbocycles. The third kappa shape index (κ3) is 3.97. The van der Waals surface area contributed by atoms with Gasteiger partial charge in [-0.05, 0) is 25.0 Å². The van der Waals surface area contributed by atoms with Crippen LogP contribution in [0.25, 0.3) is 0 Å². The summed E-state index contributed by atoms with van der Waals surface area (Å²) in [5.41, 5.74) is -0.407. The normalized spacial score (nSPS) is 20.3. The number of rotatable bonds is 2. The van der Waals surface area contributed by atoms with Gasteiger partial charge in [-0.3, -0.25) is 8.98 Å². The lowest BCUT2D eigenvalue weighted by Gasteiger charge is -2.32. The third-order valence-corrected chi connectivity index (χ3v) is 4.76. The molecule has 0 aromatic heterocycles. The van der Waals surface area contributed by atoms with E-state index in [0.717, 1.165) is 38.3 Å². The monoisotopic (exact) mass is 331 g/mol. The van der Waals surface area contributed by atoms with E-state index in [1.165, 1.54) is 37.5 Å². The Labute approximate surface area is 133 Å². The van der Waals surface area contributed by atoms with E-state index in [9.17, 15) is 13.6 Å². The number of nitrogens with zero attached hydrogens (tertiary/aromatic N) is 1. The Bertz CT molecular complexity index is 486. The summed E-state index contributed by atoms with van der Waals surface area (Å²) < 4.78 is 36.0. The van der Waals surface area contributed by atoms with Gasteiger partial charge in [-0.1, -0.05) is 18.9 Å². The highest BCUT2D eigenvalue weighted by Crippen LogP contribution is 2.41. The molecule has 122 valence electrons. The van der Waals surface area contributed by atoms with Gasteiger partial charge in [0.05, 0.1) is 25.9 Å². The molecule has 0 spiro atoms. The first kappa shape index (κ1) is 17.2. The van der Waals surface area contributed by atoms with Crippen LogP contribution in [0.5, 0.6) is 0 Å². The van der Waals surface area contributed by atoms with E-state index < -0.39 is 17.2 Å². The first-order valence-electron chi connectivity index (χ1n) is 7.15. The van der Waals surface area contributed by atoms with Crippen molar-refractivity contribution in [1.29, 1.82) is 0 Å². The standard InChI is InChI=1S/C9H15NO3S.C6H4F2/c1-12-8(11)9(4-2-3-5-9)10-6-7-13-14-10;7-5-2-1-3-6(8)4-5/h2-7H2,1H3;1-4H. The largest absolute Gasteiger partial charge is 0.468 e. The molecule has 0 radical (unpaired) electrons.